The first-order chi connectivity index (χ1) is 9.58. The van der Waals surface area contributed by atoms with Crippen LogP contribution in [-0.4, -0.2) is 39.1 Å². The van der Waals surface area contributed by atoms with Gasteiger partial charge in [0.1, 0.15) is 5.82 Å². The molecule has 0 fully saturated rings. The topological polar surface area (TPSA) is 73.9 Å². The van der Waals surface area contributed by atoms with Gasteiger partial charge in [-0.15, -0.1) is 0 Å². The molecule has 0 aliphatic rings. The van der Waals surface area contributed by atoms with Crippen LogP contribution < -0.4 is 5.32 Å². The van der Waals surface area contributed by atoms with Crippen LogP contribution in [0.3, 0.4) is 0 Å². The number of nitrogens with zero attached hydrogens (tertiary/aromatic N) is 3. The summed E-state index contributed by atoms with van der Waals surface area (Å²) in [5.74, 6) is 0.490. The predicted molar refractivity (Wildman–Crippen MR) is 77.1 cm³/mol. The Morgan fingerprint density at radius 2 is 2.30 bits per heavy atom. The number of aromatic nitrogens is 3. The maximum absolute atomic E-state index is 12.2. The highest BCUT2D eigenvalue weighted by atomic mass is 16.2. The molecule has 0 aliphatic heterocycles. The standard InChI is InChI=1S/C14H19N5O/c1-10-12(8-16-18-10)9-19(3)11(2)14(20)17-13-6-4-5-7-15-13/h4-8,11H,9H2,1-3H3,(H,16,18)(H,15,17,20). The number of anilines is 1. The van der Waals surface area contributed by atoms with Crippen molar-refractivity contribution in [1.29, 1.82) is 0 Å². The second-order valence-electron chi connectivity index (χ2n) is 4.82. The molecule has 2 heterocycles. The Bertz CT molecular complexity index is 566. The highest BCUT2D eigenvalue weighted by molar-refractivity contribution is 5.93. The number of H-pyrrole nitrogens is 1. The van der Waals surface area contributed by atoms with Gasteiger partial charge >= 0.3 is 0 Å². The third-order valence-electron chi connectivity index (χ3n) is 3.31. The van der Waals surface area contributed by atoms with E-state index in [1.54, 1.807) is 18.5 Å². The molecule has 6 heteroatoms. The summed E-state index contributed by atoms with van der Waals surface area (Å²) in [4.78, 5) is 18.2. The summed E-state index contributed by atoms with van der Waals surface area (Å²) in [5.41, 5.74) is 2.11. The van der Waals surface area contributed by atoms with Crippen molar-refractivity contribution in [3.63, 3.8) is 0 Å². The average molecular weight is 273 g/mol. The first kappa shape index (κ1) is 14.2. The lowest BCUT2D eigenvalue weighted by Crippen LogP contribution is -2.39. The first-order valence-corrected chi connectivity index (χ1v) is 6.49. The minimum Gasteiger partial charge on any atom is -0.309 e. The van der Waals surface area contributed by atoms with E-state index in [0.717, 1.165) is 11.3 Å². The van der Waals surface area contributed by atoms with Crippen LogP contribution in [0.5, 0.6) is 0 Å². The SMILES string of the molecule is Cc1[nH]ncc1CN(C)C(C)C(=O)Nc1ccccn1. The van der Waals surface area contributed by atoms with Crippen molar-refractivity contribution >= 4 is 11.7 Å². The number of carbonyl (C=O) groups is 1. The highest BCUT2D eigenvalue weighted by Gasteiger charge is 2.19. The second-order valence-corrected chi connectivity index (χ2v) is 4.82. The largest absolute Gasteiger partial charge is 0.309 e. The minimum absolute atomic E-state index is 0.0765. The van der Waals surface area contributed by atoms with E-state index >= 15 is 0 Å². The molecule has 2 rings (SSSR count). The van der Waals surface area contributed by atoms with Gasteiger partial charge < -0.3 is 5.32 Å². The van der Waals surface area contributed by atoms with Crippen molar-refractivity contribution in [2.45, 2.75) is 26.4 Å². The lowest BCUT2D eigenvalue weighted by molar-refractivity contribution is -0.120. The van der Waals surface area contributed by atoms with Crippen molar-refractivity contribution in [3.8, 4) is 0 Å². The highest BCUT2D eigenvalue weighted by Crippen LogP contribution is 2.10. The van der Waals surface area contributed by atoms with Gasteiger partial charge in [-0.05, 0) is 33.0 Å². The molecular weight excluding hydrogens is 254 g/mol. The molecule has 0 saturated carbocycles. The fourth-order valence-corrected chi connectivity index (χ4v) is 1.81. The van der Waals surface area contributed by atoms with Crippen molar-refractivity contribution in [2.75, 3.05) is 12.4 Å². The van der Waals surface area contributed by atoms with Crippen LogP contribution in [0.4, 0.5) is 5.82 Å². The zero-order chi connectivity index (χ0) is 14.5. The van der Waals surface area contributed by atoms with E-state index in [0.29, 0.717) is 12.4 Å². The van der Waals surface area contributed by atoms with Crippen LogP contribution in [0, 0.1) is 6.92 Å². The minimum atomic E-state index is -0.258. The lowest BCUT2D eigenvalue weighted by atomic mass is 10.2. The third-order valence-corrected chi connectivity index (χ3v) is 3.31. The molecule has 1 atom stereocenters. The Morgan fingerprint density at radius 1 is 1.50 bits per heavy atom. The fourth-order valence-electron chi connectivity index (χ4n) is 1.81. The molecule has 0 spiro atoms. The van der Waals surface area contributed by atoms with Gasteiger partial charge in [0.05, 0.1) is 12.2 Å². The summed E-state index contributed by atoms with van der Waals surface area (Å²) in [6, 6.07) is 5.16. The Balaban J connectivity index is 1.94. The van der Waals surface area contributed by atoms with Gasteiger partial charge in [0.25, 0.3) is 0 Å². The third kappa shape index (κ3) is 3.42. The molecular formula is C14H19N5O. The summed E-state index contributed by atoms with van der Waals surface area (Å²) < 4.78 is 0. The average Bonchev–Trinajstić information content (AvgIpc) is 2.84. The predicted octanol–water partition coefficient (Wildman–Crippen LogP) is 1.57. The number of rotatable bonds is 5. The molecule has 0 bridgehead atoms. The molecule has 6 nitrogen and oxygen atoms in total. The molecule has 106 valence electrons. The van der Waals surface area contributed by atoms with Crippen molar-refractivity contribution in [3.05, 3.63) is 41.9 Å². The van der Waals surface area contributed by atoms with Gasteiger partial charge in [-0.25, -0.2) is 4.98 Å². The molecule has 2 aromatic heterocycles. The number of amides is 1. The van der Waals surface area contributed by atoms with E-state index in [1.807, 2.05) is 37.9 Å². The molecule has 0 aromatic carbocycles. The summed E-state index contributed by atoms with van der Waals surface area (Å²) in [5, 5.41) is 9.68. The Labute approximate surface area is 118 Å². The summed E-state index contributed by atoms with van der Waals surface area (Å²) in [7, 11) is 1.91. The van der Waals surface area contributed by atoms with Gasteiger partial charge in [-0.2, -0.15) is 5.10 Å². The number of hydrogen-bond donors (Lipinski definition) is 2. The first-order valence-electron chi connectivity index (χ1n) is 6.49. The van der Waals surface area contributed by atoms with Gasteiger partial charge in [0.2, 0.25) is 5.91 Å². The Morgan fingerprint density at radius 3 is 2.90 bits per heavy atom. The zero-order valence-corrected chi connectivity index (χ0v) is 11.9. The van der Waals surface area contributed by atoms with Gasteiger partial charge in [-0.1, -0.05) is 6.07 Å². The van der Waals surface area contributed by atoms with E-state index in [9.17, 15) is 4.79 Å². The van der Waals surface area contributed by atoms with Crippen LogP contribution >= 0.6 is 0 Å². The van der Waals surface area contributed by atoms with Crippen molar-refractivity contribution in [2.24, 2.45) is 0 Å². The molecule has 0 radical (unpaired) electrons. The molecule has 2 aromatic rings. The lowest BCUT2D eigenvalue weighted by Gasteiger charge is -2.23. The van der Waals surface area contributed by atoms with Crippen LogP contribution in [0.15, 0.2) is 30.6 Å². The summed E-state index contributed by atoms with van der Waals surface area (Å²) >= 11 is 0. The number of pyridine rings is 1. The smallest absolute Gasteiger partial charge is 0.242 e. The second kappa shape index (κ2) is 6.29. The van der Waals surface area contributed by atoms with E-state index in [4.69, 9.17) is 0 Å². The molecule has 0 aliphatic carbocycles. The van der Waals surface area contributed by atoms with Crippen molar-refractivity contribution in [1.82, 2.24) is 20.1 Å². The quantitative estimate of drug-likeness (QED) is 0.867. The van der Waals surface area contributed by atoms with E-state index in [2.05, 4.69) is 20.5 Å². The maximum atomic E-state index is 12.2. The van der Waals surface area contributed by atoms with Gasteiger partial charge in [0.15, 0.2) is 0 Å². The van der Waals surface area contributed by atoms with Crippen LogP contribution in [0.25, 0.3) is 0 Å². The molecule has 20 heavy (non-hydrogen) atoms. The zero-order valence-electron chi connectivity index (χ0n) is 11.9. The number of aromatic amines is 1. The van der Waals surface area contributed by atoms with Crippen molar-refractivity contribution < 1.29 is 4.79 Å². The monoisotopic (exact) mass is 273 g/mol. The number of carbonyl (C=O) groups excluding carboxylic acids is 1. The Kier molecular flexibility index (Phi) is 4.47. The van der Waals surface area contributed by atoms with E-state index < -0.39 is 0 Å². The Hall–Kier alpha value is -2.21. The molecule has 2 N–H and O–H groups in total. The normalized spacial score (nSPS) is 12.4. The van der Waals surface area contributed by atoms with Crippen LogP contribution in [0.2, 0.25) is 0 Å². The number of nitrogens with one attached hydrogen (secondary N) is 2. The van der Waals surface area contributed by atoms with Crippen LogP contribution in [-0.2, 0) is 11.3 Å². The van der Waals surface area contributed by atoms with Crippen LogP contribution in [0.1, 0.15) is 18.2 Å². The van der Waals surface area contributed by atoms with Gasteiger partial charge in [-0.3, -0.25) is 14.8 Å². The molecule has 1 amide bonds. The maximum Gasteiger partial charge on any atom is 0.242 e. The number of likely N-dealkylation sites (N-methyl/N-ethyl adjacent to an activating group) is 1. The molecule has 0 saturated heterocycles. The summed E-state index contributed by atoms with van der Waals surface area (Å²) in [6.07, 6.45) is 3.44. The van der Waals surface area contributed by atoms with E-state index in [-0.39, 0.29) is 11.9 Å². The molecule has 1 unspecified atom stereocenters. The van der Waals surface area contributed by atoms with Gasteiger partial charge in [0, 0.05) is 24.0 Å². The summed E-state index contributed by atoms with van der Waals surface area (Å²) in [6.45, 7) is 4.50. The number of hydrogen-bond acceptors (Lipinski definition) is 4. The van der Waals surface area contributed by atoms with E-state index in [1.165, 1.54) is 0 Å². The fraction of sp³-hybridized carbons (Fsp3) is 0.357. The number of aryl methyl sites for hydroxylation is 1.